The van der Waals surface area contributed by atoms with Crippen LogP contribution in [0.2, 0.25) is 5.02 Å². The van der Waals surface area contributed by atoms with Crippen molar-refractivity contribution in [1.29, 1.82) is 0 Å². The van der Waals surface area contributed by atoms with E-state index in [-0.39, 0.29) is 25.5 Å². The summed E-state index contributed by atoms with van der Waals surface area (Å²) in [6, 6.07) is 12.3. The predicted molar refractivity (Wildman–Crippen MR) is 135 cm³/mol. The number of methoxy groups -OCH3 is 1. The van der Waals surface area contributed by atoms with Crippen LogP contribution >= 0.6 is 23.4 Å². The number of hydrogen-bond donors (Lipinski definition) is 1. The normalized spacial score (nSPS) is 17.0. The summed E-state index contributed by atoms with van der Waals surface area (Å²) in [5.74, 6) is -0.666. The second-order valence-corrected chi connectivity index (χ2v) is 9.06. The van der Waals surface area contributed by atoms with Crippen molar-refractivity contribution in [2.24, 2.45) is 4.99 Å². The van der Waals surface area contributed by atoms with E-state index in [1.54, 1.807) is 26.3 Å². The summed E-state index contributed by atoms with van der Waals surface area (Å²) in [4.78, 5) is 36.8. The molecule has 3 heterocycles. The Morgan fingerprint density at radius 1 is 1.17 bits per heavy atom. The minimum absolute atomic E-state index is 0.102. The van der Waals surface area contributed by atoms with Gasteiger partial charge in [0.2, 0.25) is 5.91 Å². The molecule has 1 N–H and O–H groups in total. The number of pyridine rings is 1. The quantitative estimate of drug-likeness (QED) is 0.397. The zero-order valence-corrected chi connectivity index (χ0v) is 20.9. The minimum Gasteiger partial charge on any atom is -0.460 e. The largest absolute Gasteiger partial charge is 0.460 e. The molecule has 10 heteroatoms. The van der Waals surface area contributed by atoms with Gasteiger partial charge in [-0.3, -0.25) is 9.78 Å². The molecule has 2 aliphatic heterocycles. The molecule has 2 aliphatic rings. The van der Waals surface area contributed by atoms with Crippen LogP contribution in [0.4, 0.5) is 0 Å². The molecule has 1 amide bonds. The Kier molecular flexibility index (Phi) is 8.22. The number of esters is 1. The Morgan fingerprint density at radius 2 is 1.97 bits per heavy atom. The van der Waals surface area contributed by atoms with Crippen LogP contribution in [0.1, 0.15) is 30.6 Å². The van der Waals surface area contributed by atoms with Crippen LogP contribution in [0.25, 0.3) is 0 Å². The summed E-state index contributed by atoms with van der Waals surface area (Å²) in [6.07, 6.45) is 1.79. The van der Waals surface area contributed by atoms with Crippen LogP contribution in [-0.2, 0) is 25.6 Å². The van der Waals surface area contributed by atoms with Crippen molar-refractivity contribution in [2.45, 2.75) is 25.9 Å². The highest BCUT2D eigenvalue weighted by atomic mass is 35.5. The molecular weight excluding hydrogens is 488 g/mol. The van der Waals surface area contributed by atoms with Gasteiger partial charge in [-0.2, -0.15) is 0 Å². The lowest BCUT2D eigenvalue weighted by Gasteiger charge is -2.36. The van der Waals surface area contributed by atoms with E-state index in [0.29, 0.717) is 33.7 Å². The minimum atomic E-state index is -0.587. The zero-order valence-electron chi connectivity index (χ0n) is 19.4. The summed E-state index contributed by atoms with van der Waals surface area (Å²) in [5, 5.41) is 5.97. The smallest absolute Gasteiger partial charge is 0.338 e. The lowest BCUT2D eigenvalue weighted by atomic mass is 9.93. The third kappa shape index (κ3) is 5.75. The highest BCUT2D eigenvalue weighted by Gasteiger charge is 2.41. The molecule has 1 atom stereocenters. The third-order valence-corrected chi connectivity index (χ3v) is 6.71. The fourth-order valence-corrected chi connectivity index (χ4v) is 5.04. The molecular formula is C25H25ClN4O4S. The van der Waals surface area contributed by atoms with Gasteiger partial charge >= 0.3 is 5.97 Å². The first-order valence-electron chi connectivity index (χ1n) is 11.0. The zero-order chi connectivity index (χ0) is 24.8. The molecule has 0 fully saturated rings. The molecule has 1 aromatic heterocycles. The first kappa shape index (κ1) is 25.0. The summed E-state index contributed by atoms with van der Waals surface area (Å²) in [5.41, 5.74) is 3.13. The van der Waals surface area contributed by atoms with Gasteiger partial charge in [-0.1, -0.05) is 47.6 Å². The van der Waals surface area contributed by atoms with Gasteiger partial charge in [-0.15, -0.1) is 0 Å². The first-order valence-corrected chi connectivity index (χ1v) is 12.3. The average Bonchev–Trinajstić information content (AvgIpc) is 3.25. The number of amides is 1. The van der Waals surface area contributed by atoms with Crippen LogP contribution in [-0.4, -0.2) is 47.3 Å². The number of ether oxygens (including phenoxy) is 2. The number of aromatic nitrogens is 1. The molecule has 182 valence electrons. The topological polar surface area (TPSA) is 93.1 Å². The Bertz CT molecular complexity index is 1200. The van der Waals surface area contributed by atoms with Gasteiger partial charge < -0.3 is 19.7 Å². The number of benzene rings is 1. The summed E-state index contributed by atoms with van der Waals surface area (Å²) in [7, 11) is 1.54. The van der Waals surface area contributed by atoms with Gasteiger partial charge in [0.15, 0.2) is 5.17 Å². The van der Waals surface area contributed by atoms with E-state index in [2.05, 4.69) is 15.3 Å². The fourth-order valence-electron chi connectivity index (χ4n) is 3.84. The maximum absolute atomic E-state index is 13.2. The van der Waals surface area contributed by atoms with Crippen molar-refractivity contribution < 1.29 is 19.1 Å². The van der Waals surface area contributed by atoms with Crippen molar-refractivity contribution in [2.75, 3.05) is 20.3 Å². The van der Waals surface area contributed by atoms with Gasteiger partial charge in [0.25, 0.3) is 0 Å². The third-order valence-electron chi connectivity index (χ3n) is 5.48. The number of carbonyl (C=O) groups is 2. The van der Waals surface area contributed by atoms with E-state index in [0.717, 1.165) is 11.3 Å². The number of nitrogens with zero attached hydrogens (tertiary/aromatic N) is 3. The van der Waals surface area contributed by atoms with E-state index in [4.69, 9.17) is 21.1 Å². The maximum atomic E-state index is 13.2. The molecule has 0 bridgehead atoms. The lowest BCUT2D eigenvalue weighted by Crippen LogP contribution is -2.38. The van der Waals surface area contributed by atoms with Crippen LogP contribution < -0.4 is 5.32 Å². The van der Waals surface area contributed by atoms with Crippen LogP contribution in [0, 0.1) is 0 Å². The number of aliphatic imine (C=N–C) groups is 1. The maximum Gasteiger partial charge on any atom is 0.338 e. The van der Waals surface area contributed by atoms with Gasteiger partial charge in [-0.25, -0.2) is 9.79 Å². The molecule has 8 nitrogen and oxygen atoms in total. The molecule has 1 aromatic carbocycles. The number of carbonyl (C=O) groups excluding carboxylic acids is 2. The Morgan fingerprint density at radius 3 is 2.71 bits per heavy atom. The second-order valence-electron chi connectivity index (χ2n) is 7.82. The van der Waals surface area contributed by atoms with Crippen LogP contribution in [0.15, 0.2) is 76.0 Å². The number of amidine groups is 1. The van der Waals surface area contributed by atoms with Crippen molar-refractivity contribution in [3.8, 4) is 0 Å². The van der Waals surface area contributed by atoms with E-state index in [1.807, 2.05) is 46.7 Å². The van der Waals surface area contributed by atoms with Crippen molar-refractivity contribution in [3.63, 3.8) is 0 Å². The SMILES string of the molecule is COCCOC(=O)C1=C(C)N=C2SC=C(CC(=O)NCc3ccccn3)N2[C@H]1c1ccccc1Cl. The van der Waals surface area contributed by atoms with Gasteiger partial charge in [0, 0.05) is 24.0 Å². The van der Waals surface area contributed by atoms with Crippen molar-refractivity contribution >= 4 is 40.4 Å². The molecule has 35 heavy (non-hydrogen) atoms. The summed E-state index contributed by atoms with van der Waals surface area (Å²) < 4.78 is 10.5. The molecule has 0 aliphatic carbocycles. The number of rotatable bonds is 9. The van der Waals surface area contributed by atoms with Crippen LogP contribution in [0.5, 0.6) is 0 Å². The van der Waals surface area contributed by atoms with Crippen molar-refractivity contribution in [1.82, 2.24) is 15.2 Å². The molecule has 0 saturated heterocycles. The molecule has 0 unspecified atom stereocenters. The monoisotopic (exact) mass is 512 g/mol. The number of allylic oxidation sites excluding steroid dienone is 1. The molecule has 2 aromatic rings. The Hall–Kier alpha value is -3.14. The summed E-state index contributed by atoms with van der Waals surface area (Å²) >= 11 is 8.00. The average molecular weight is 513 g/mol. The lowest BCUT2D eigenvalue weighted by molar-refractivity contribution is -0.141. The Labute approximate surface area is 213 Å². The van der Waals surface area contributed by atoms with Crippen LogP contribution in [0.3, 0.4) is 0 Å². The Balaban J connectivity index is 1.60. The molecule has 4 rings (SSSR count). The van der Waals surface area contributed by atoms with E-state index >= 15 is 0 Å². The van der Waals surface area contributed by atoms with Gasteiger partial charge in [0.05, 0.1) is 42.6 Å². The predicted octanol–water partition coefficient (Wildman–Crippen LogP) is 4.21. The fraction of sp³-hybridized carbons (Fsp3) is 0.280. The van der Waals surface area contributed by atoms with E-state index in [1.165, 1.54) is 11.8 Å². The highest BCUT2D eigenvalue weighted by molar-refractivity contribution is 8.16. The van der Waals surface area contributed by atoms with E-state index < -0.39 is 12.0 Å². The standard InChI is InChI=1S/C25H25ClN4O4S/c1-16-22(24(32)34-12-11-33-2)23(19-8-3-4-9-20(19)26)30-18(15-35-25(30)29-16)13-21(31)28-14-17-7-5-6-10-27-17/h3-10,15,23H,11-14H2,1-2H3,(H,28,31)/t23-/m0/s1. The molecule has 0 saturated carbocycles. The van der Waals surface area contributed by atoms with Crippen molar-refractivity contribution in [3.05, 3.63) is 87.3 Å². The van der Waals surface area contributed by atoms with E-state index in [9.17, 15) is 9.59 Å². The number of hydrogen-bond acceptors (Lipinski definition) is 8. The number of nitrogens with one attached hydrogen (secondary N) is 1. The molecule has 0 radical (unpaired) electrons. The first-order chi connectivity index (χ1) is 17.0. The number of fused-ring (bicyclic) bond motifs is 1. The highest BCUT2D eigenvalue weighted by Crippen LogP contribution is 2.46. The van der Waals surface area contributed by atoms with Gasteiger partial charge in [0.1, 0.15) is 6.61 Å². The summed E-state index contributed by atoms with van der Waals surface area (Å²) in [6.45, 7) is 2.50. The number of halogens is 1. The van der Waals surface area contributed by atoms with Gasteiger partial charge in [-0.05, 0) is 36.1 Å². The molecule has 0 spiro atoms. The second kappa shape index (κ2) is 11.5. The number of thioether (sulfide) groups is 1.